The molecule has 1 aromatic carbocycles. The number of hydrogen-bond acceptors (Lipinski definition) is 4. The Hall–Kier alpha value is -1.75. The first kappa shape index (κ1) is 14.7. The summed E-state index contributed by atoms with van der Waals surface area (Å²) in [5, 5.41) is 22.1. The molecule has 1 aliphatic rings. The molecule has 0 radical (unpaired) electrons. The van der Waals surface area contributed by atoms with Crippen molar-refractivity contribution >= 4 is 5.97 Å². The molecule has 0 saturated heterocycles. The van der Waals surface area contributed by atoms with Crippen LogP contribution in [0.5, 0.6) is 11.5 Å². The number of hydrogen-bond donors (Lipinski definition) is 3. The van der Waals surface area contributed by atoms with Crippen molar-refractivity contribution in [2.75, 3.05) is 13.7 Å². The molecule has 5 nitrogen and oxygen atoms in total. The largest absolute Gasteiger partial charge is 0.504 e. The lowest BCUT2D eigenvalue weighted by Crippen LogP contribution is -2.28. The van der Waals surface area contributed by atoms with Crippen LogP contribution in [0.25, 0.3) is 0 Å². The molecule has 20 heavy (non-hydrogen) atoms. The van der Waals surface area contributed by atoms with Gasteiger partial charge in [-0.15, -0.1) is 0 Å². The van der Waals surface area contributed by atoms with Crippen LogP contribution in [0.2, 0.25) is 0 Å². The van der Waals surface area contributed by atoms with Gasteiger partial charge in [-0.3, -0.25) is 4.79 Å². The van der Waals surface area contributed by atoms with Gasteiger partial charge in [0.25, 0.3) is 0 Å². The average molecular weight is 279 g/mol. The van der Waals surface area contributed by atoms with Gasteiger partial charge in [-0.05, 0) is 43.0 Å². The van der Waals surface area contributed by atoms with Crippen LogP contribution in [0.3, 0.4) is 0 Å². The molecule has 0 heterocycles. The van der Waals surface area contributed by atoms with E-state index in [9.17, 15) is 9.90 Å². The highest BCUT2D eigenvalue weighted by atomic mass is 16.5. The van der Waals surface area contributed by atoms with Crippen LogP contribution < -0.4 is 10.1 Å². The van der Waals surface area contributed by atoms with E-state index in [1.165, 1.54) is 7.11 Å². The van der Waals surface area contributed by atoms with Crippen molar-refractivity contribution in [1.82, 2.24) is 5.32 Å². The summed E-state index contributed by atoms with van der Waals surface area (Å²) in [5.74, 6) is -0.117. The maximum Gasteiger partial charge on any atom is 0.306 e. The normalized spacial score (nSPS) is 21.9. The van der Waals surface area contributed by atoms with E-state index in [1.807, 2.05) is 6.07 Å². The van der Waals surface area contributed by atoms with E-state index in [2.05, 4.69) is 5.32 Å². The van der Waals surface area contributed by atoms with Gasteiger partial charge in [-0.25, -0.2) is 0 Å². The van der Waals surface area contributed by atoms with Crippen molar-refractivity contribution in [2.24, 2.45) is 11.8 Å². The van der Waals surface area contributed by atoms with Gasteiger partial charge in [0.2, 0.25) is 0 Å². The predicted octanol–water partition coefficient (Wildman–Crippen LogP) is 1.99. The Morgan fingerprint density at radius 2 is 2.25 bits per heavy atom. The SMILES string of the molecule is COc1ccc(CNCC2CCCC2C(=O)O)cc1O. The standard InChI is InChI=1S/C15H21NO4/c1-20-14-6-5-10(7-13(14)17)8-16-9-11-3-2-4-12(11)15(18)19/h5-7,11-12,16-17H,2-4,8-9H2,1H3,(H,18,19). The first-order valence-corrected chi connectivity index (χ1v) is 6.91. The molecule has 3 N–H and O–H groups in total. The molecule has 1 aliphatic carbocycles. The minimum atomic E-state index is -0.684. The molecular formula is C15H21NO4. The van der Waals surface area contributed by atoms with Gasteiger partial charge in [0.1, 0.15) is 0 Å². The highest BCUT2D eigenvalue weighted by molar-refractivity contribution is 5.70. The second-order valence-electron chi connectivity index (χ2n) is 5.27. The average Bonchev–Trinajstić information content (AvgIpc) is 2.87. The number of benzene rings is 1. The number of aliphatic carboxylic acids is 1. The summed E-state index contributed by atoms with van der Waals surface area (Å²) in [5.41, 5.74) is 0.952. The molecule has 0 aliphatic heterocycles. The number of nitrogens with one attached hydrogen (secondary N) is 1. The lowest BCUT2D eigenvalue weighted by Gasteiger charge is -2.16. The number of carboxylic acids is 1. The zero-order valence-corrected chi connectivity index (χ0v) is 11.6. The maximum absolute atomic E-state index is 11.1. The quantitative estimate of drug-likeness (QED) is 0.742. The van der Waals surface area contributed by atoms with Gasteiger partial charge >= 0.3 is 5.97 Å². The van der Waals surface area contributed by atoms with Crippen LogP contribution in [-0.4, -0.2) is 29.8 Å². The summed E-state index contributed by atoms with van der Waals surface area (Å²) in [6.07, 6.45) is 2.75. The second kappa shape index (κ2) is 6.61. The fourth-order valence-electron chi connectivity index (χ4n) is 2.85. The molecule has 2 atom stereocenters. The maximum atomic E-state index is 11.1. The summed E-state index contributed by atoms with van der Waals surface area (Å²) in [6.45, 7) is 1.31. The zero-order valence-electron chi connectivity index (χ0n) is 11.6. The Morgan fingerprint density at radius 3 is 2.90 bits per heavy atom. The summed E-state index contributed by atoms with van der Waals surface area (Å²) in [6, 6.07) is 5.27. The van der Waals surface area contributed by atoms with Crippen LogP contribution >= 0.6 is 0 Å². The molecular weight excluding hydrogens is 258 g/mol. The van der Waals surface area contributed by atoms with Crippen LogP contribution in [0.1, 0.15) is 24.8 Å². The van der Waals surface area contributed by atoms with Crippen LogP contribution in [0, 0.1) is 11.8 Å². The van der Waals surface area contributed by atoms with Crippen LogP contribution in [0.4, 0.5) is 0 Å². The van der Waals surface area contributed by atoms with E-state index in [1.54, 1.807) is 12.1 Å². The topological polar surface area (TPSA) is 78.8 Å². The molecule has 0 bridgehead atoms. The Bertz CT molecular complexity index is 475. The number of phenolic OH excluding ortho intramolecular Hbond substituents is 1. The minimum absolute atomic E-state index is 0.121. The van der Waals surface area contributed by atoms with Crippen molar-refractivity contribution in [3.8, 4) is 11.5 Å². The Labute approximate surface area is 118 Å². The number of carboxylic acid groups (broad SMARTS) is 1. The lowest BCUT2D eigenvalue weighted by molar-refractivity contribution is -0.142. The Kier molecular flexibility index (Phi) is 4.84. The monoisotopic (exact) mass is 279 g/mol. The van der Waals surface area contributed by atoms with E-state index in [0.717, 1.165) is 24.8 Å². The molecule has 1 saturated carbocycles. The summed E-state index contributed by atoms with van der Waals surface area (Å²) in [4.78, 5) is 11.1. The van der Waals surface area contributed by atoms with Crippen LogP contribution in [0.15, 0.2) is 18.2 Å². The van der Waals surface area contributed by atoms with E-state index in [4.69, 9.17) is 9.84 Å². The van der Waals surface area contributed by atoms with Gasteiger partial charge in [0, 0.05) is 6.54 Å². The molecule has 110 valence electrons. The van der Waals surface area contributed by atoms with E-state index in [-0.39, 0.29) is 17.6 Å². The number of carbonyl (C=O) groups is 1. The molecule has 1 fully saturated rings. The van der Waals surface area contributed by atoms with Crippen molar-refractivity contribution in [2.45, 2.75) is 25.8 Å². The number of methoxy groups -OCH3 is 1. The van der Waals surface area contributed by atoms with Gasteiger partial charge in [-0.1, -0.05) is 12.5 Å². The molecule has 0 amide bonds. The lowest BCUT2D eigenvalue weighted by atomic mass is 9.96. The highest BCUT2D eigenvalue weighted by Crippen LogP contribution is 2.31. The smallest absolute Gasteiger partial charge is 0.306 e. The van der Waals surface area contributed by atoms with Gasteiger partial charge in [0.15, 0.2) is 11.5 Å². The van der Waals surface area contributed by atoms with Gasteiger partial charge in [-0.2, -0.15) is 0 Å². The summed E-state index contributed by atoms with van der Waals surface area (Å²) >= 11 is 0. The second-order valence-corrected chi connectivity index (χ2v) is 5.27. The molecule has 0 spiro atoms. The van der Waals surface area contributed by atoms with Crippen molar-refractivity contribution in [1.29, 1.82) is 0 Å². The minimum Gasteiger partial charge on any atom is -0.504 e. The van der Waals surface area contributed by atoms with Gasteiger partial charge < -0.3 is 20.3 Å². The number of phenols is 1. The number of ether oxygens (including phenoxy) is 1. The number of aromatic hydroxyl groups is 1. The van der Waals surface area contributed by atoms with Crippen molar-refractivity contribution < 1.29 is 19.7 Å². The van der Waals surface area contributed by atoms with Gasteiger partial charge in [0.05, 0.1) is 13.0 Å². The zero-order chi connectivity index (χ0) is 14.5. The summed E-state index contributed by atoms with van der Waals surface area (Å²) < 4.78 is 4.99. The van der Waals surface area contributed by atoms with Crippen molar-refractivity contribution in [3.05, 3.63) is 23.8 Å². The Morgan fingerprint density at radius 1 is 1.45 bits per heavy atom. The van der Waals surface area contributed by atoms with Crippen molar-refractivity contribution in [3.63, 3.8) is 0 Å². The molecule has 2 rings (SSSR count). The first-order chi connectivity index (χ1) is 9.61. The Balaban J connectivity index is 1.84. The van der Waals surface area contributed by atoms with E-state index in [0.29, 0.717) is 18.8 Å². The van der Waals surface area contributed by atoms with E-state index < -0.39 is 5.97 Å². The van der Waals surface area contributed by atoms with Crippen LogP contribution in [-0.2, 0) is 11.3 Å². The fraction of sp³-hybridized carbons (Fsp3) is 0.533. The molecule has 2 unspecified atom stereocenters. The number of rotatable bonds is 6. The fourth-order valence-corrected chi connectivity index (χ4v) is 2.85. The third kappa shape index (κ3) is 3.42. The van der Waals surface area contributed by atoms with E-state index >= 15 is 0 Å². The summed E-state index contributed by atoms with van der Waals surface area (Å²) in [7, 11) is 1.51. The highest BCUT2D eigenvalue weighted by Gasteiger charge is 2.32. The first-order valence-electron chi connectivity index (χ1n) is 6.91. The molecule has 5 heteroatoms. The third-order valence-electron chi connectivity index (χ3n) is 3.96. The predicted molar refractivity (Wildman–Crippen MR) is 74.8 cm³/mol. The molecule has 0 aromatic heterocycles. The third-order valence-corrected chi connectivity index (χ3v) is 3.96. The molecule has 1 aromatic rings.